The number of benzene rings is 1. The number of amides is 1. The molecule has 1 heterocycles. The highest BCUT2D eigenvalue weighted by molar-refractivity contribution is 5.92. The molecular formula is C15H20N2O3. The van der Waals surface area contributed by atoms with E-state index in [1.54, 1.807) is 12.1 Å². The summed E-state index contributed by atoms with van der Waals surface area (Å²) in [6, 6.07) is 7.04. The highest BCUT2D eigenvalue weighted by atomic mass is 16.5. The van der Waals surface area contributed by atoms with Gasteiger partial charge in [-0.05, 0) is 37.1 Å². The summed E-state index contributed by atoms with van der Waals surface area (Å²) >= 11 is 0. The van der Waals surface area contributed by atoms with Crippen molar-refractivity contribution in [1.82, 2.24) is 4.90 Å². The van der Waals surface area contributed by atoms with Crippen molar-refractivity contribution in [1.29, 1.82) is 0 Å². The van der Waals surface area contributed by atoms with Gasteiger partial charge in [-0.1, -0.05) is 18.6 Å². The van der Waals surface area contributed by atoms with Crippen LogP contribution in [0.2, 0.25) is 0 Å². The van der Waals surface area contributed by atoms with E-state index in [4.69, 9.17) is 10.5 Å². The van der Waals surface area contributed by atoms with Crippen LogP contribution in [0.3, 0.4) is 0 Å². The monoisotopic (exact) mass is 276 g/mol. The van der Waals surface area contributed by atoms with E-state index < -0.39 is 5.91 Å². The molecule has 0 aromatic heterocycles. The molecular weight excluding hydrogens is 256 g/mol. The highest BCUT2D eigenvalue weighted by Crippen LogP contribution is 2.21. The van der Waals surface area contributed by atoms with Crippen LogP contribution in [0.25, 0.3) is 0 Å². The molecule has 5 heteroatoms. The van der Waals surface area contributed by atoms with Gasteiger partial charge in [0.1, 0.15) is 6.04 Å². The smallest absolute Gasteiger partial charge is 0.323 e. The third kappa shape index (κ3) is 3.36. The summed E-state index contributed by atoms with van der Waals surface area (Å²) in [5, 5.41) is 0. The summed E-state index contributed by atoms with van der Waals surface area (Å²) in [6.07, 6.45) is 2.93. The van der Waals surface area contributed by atoms with E-state index in [2.05, 4.69) is 4.90 Å². The highest BCUT2D eigenvalue weighted by Gasteiger charge is 2.29. The molecule has 108 valence electrons. The third-order valence-corrected chi connectivity index (χ3v) is 3.68. The normalized spacial score (nSPS) is 19.6. The average molecular weight is 276 g/mol. The third-order valence-electron chi connectivity index (χ3n) is 3.68. The number of esters is 1. The van der Waals surface area contributed by atoms with Crippen LogP contribution in [0.15, 0.2) is 24.3 Å². The van der Waals surface area contributed by atoms with E-state index in [9.17, 15) is 9.59 Å². The zero-order chi connectivity index (χ0) is 14.5. The molecule has 1 atom stereocenters. The summed E-state index contributed by atoms with van der Waals surface area (Å²) in [5.74, 6) is -0.620. The van der Waals surface area contributed by atoms with Crippen LogP contribution < -0.4 is 5.73 Å². The second kappa shape index (κ2) is 6.52. The molecule has 1 aliphatic rings. The van der Waals surface area contributed by atoms with Gasteiger partial charge in [0.15, 0.2) is 0 Å². The lowest BCUT2D eigenvalue weighted by Gasteiger charge is -2.33. The van der Waals surface area contributed by atoms with E-state index in [0.29, 0.717) is 12.1 Å². The number of primary amides is 1. The van der Waals surface area contributed by atoms with E-state index in [1.165, 1.54) is 7.11 Å². The molecule has 1 fully saturated rings. The van der Waals surface area contributed by atoms with Gasteiger partial charge in [0, 0.05) is 12.1 Å². The van der Waals surface area contributed by atoms with Crippen LogP contribution >= 0.6 is 0 Å². The van der Waals surface area contributed by atoms with Crippen molar-refractivity contribution in [2.75, 3.05) is 13.7 Å². The standard InChI is InChI=1S/C15H20N2O3/c1-20-15(19)13-7-2-3-8-17(13)10-11-5-4-6-12(9-11)14(16)18/h4-6,9,13H,2-3,7-8,10H2,1H3,(H2,16,18). The fourth-order valence-corrected chi connectivity index (χ4v) is 2.64. The van der Waals surface area contributed by atoms with Crippen molar-refractivity contribution in [3.8, 4) is 0 Å². The Morgan fingerprint density at radius 3 is 2.90 bits per heavy atom. The number of carbonyl (C=O) groups is 2. The molecule has 1 saturated heterocycles. The lowest BCUT2D eigenvalue weighted by molar-refractivity contribution is -0.148. The van der Waals surface area contributed by atoms with Crippen LogP contribution in [-0.4, -0.2) is 36.5 Å². The first-order chi connectivity index (χ1) is 9.61. The molecule has 2 N–H and O–H groups in total. The molecule has 1 aromatic rings. The topological polar surface area (TPSA) is 72.6 Å². The molecule has 1 amide bonds. The quantitative estimate of drug-likeness (QED) is 0.842. The van der Waals surface area contributed by atoms with Gasteiger partial charge < -0.3 is 10.5 Å². The number of carbonyl (C=O) groups excluding carboxylic acids is 2. The number of methoxy groups -OCH3 is 1. The van der Waals surface area contributed by atoms with Gasteiger partial charge in [-0.2, -0.15) is 0 Å². The minimum atomic E-state index is -0.435. The zero-order valence-electron chi connectivity index (χ0n) is 11.7. The molecule has 0 saturated carbocycles. The summed E-state index contributed by atoms with van der Waals surface area (Å²) in [6.45, 7) is 1.49. The Morgan fingerprint density at radius 2 is 2.20 bits per heavy atom. The first-order valence-electron chi connectivity index (χ1n) is 6.82. The molecule has 0 radical (unpaired) electrons. The van der Waals surface area contributed by atoms with Gasteiger partial charge in [0.25, 0.3) is 0 Å². The minimum Gasteiger partial charge on any atom is -0.468 e. The largest absolute Gasteiger partial charge is 0.468 e. The van der Waals surface area contributed by atoms with Gasteiger partial charge in [-0.25, -0.2) is 0 Å². The number of rotatable bonds is 4. The van der Waals surface area contributed by atoms with E-state index in [1.807, 2.05) is 12.1 Å². The maximum absolute atomic E-state index is 11.8. The molecule has 20 heavy (non-hydrogen) atoms. The maximum Gasteiger partial charge on any atom is 0.323 e. The SMILES string of the molecule is COC(=O)C1CCCCN1Cc1cccc(C(N)=O)c1. The predicted molar refractivity (Wildman–Crippen MR) is 75.0 cm³/mol. The molecule has 0 bridgehead atoms. The first kappa shape index (κ1) is 14.5. The van der Waals surface area contributed by atoms with Gasteiger partial charge in [0.05, 0.1) is 7.11 Å². The second-order valence-electron chi connectivity index (χ2n) is 5.07. The summed E-state index contributed by atoms with van der Waals surface area (Å²) < 4.78 is 4.86. The van der Waals surface area contributed by atoms with Crippen LogP contribution in [0.4, 0.5) is 0 Å². The van der Waals surface area contributed by atoms with Crippen molar-refractivity contribution in [2.45, 2.75) is 31.8 Å². The molecule has 1 unspecified atom stereocenters. The van der Waals surface area contributed by atoms with Crippen molar-refractivity contribution < 1.29 is 14.3 Å². The Kier molecular flexibility index (Phi) is 4.74. The minimum absolute atomic E-state index is 0.184. The number of ether oxygens (including phenoxy) is 1. The Bertz CT molecular complexity index is 502. The molecule has 0 aliphatic carbocycles. The predicted octanol–water partition coefficient (Wildman–Crippen LogP) is 1.31. The van der Waals surface area contributed by atoms with Crippen molar-refractivity contribution in [3.63, 3.8) is 0 Å². The van der Waals surface area contributed by atoms with Gasteiger partial charge in [0.2, 0.25) is 5.91 Å². The Labute approximate surface area is 118 Å². The van der Waals surface area contributed by atoms with Gasteiger partial charge in [-0.3, -0.25) is 14.5 Å². The van der Waals surface area contributed by atoms with Crippen LogP contribution in [0.5, 0.6) is 0 Å². The number of nitrogens with zero attached hydrogens (tertiary/aromatic N) is 1. The Morgan fingerprint density at radius 1 is 1.40 bits per heavy atom. The molecule has 1 aliphatic heterocycles. The van der Waals surface area contributed by atoms with E-state index in [-0.39, 0.29) is 12.0 Å². The van der Waals surface area contributed by atoms with E-state index >= 15 is 0 Å². The lowest BCUT2D eigenvalue weighted by Crippen LogP contribution is -2.44. The van der Waals surface area contributed by atoms with E-state index in [0.717, 1.165) is 31.4 Å². The average Bonchev–Trinajstić information content (AvgIpc) is 2.47. The van der Waals surface area contributed by atoms with Crippen LogP contribution in [-0.2, 0) is 16.1 Å². The zero-order valence-corrected chi connectivity index (χ0v) is 11.7. The lowest BCUT2D eigenvalue weighted by atomic mass is 10.0. The fraction of sp³-hybridized carbons (Fsp3) is 0.467. The second-order valence-corrected chi connectivity index (χ2v) is 5.07. The Hall–Kier alpha value is -1.88. The fourth-order valence-electron chi connectivity index (χ4n) is 2.64. The Balaban J connectivity index is 2.12. The van der Waals surface area contributed by atoms with Crippen molar-refractivity contribution >= 4 is 11.9 Å². The number of likely N-dealkylation sites (tertiary alicyclic amines) is 1. The van der Waals surface area contributed by atoms with Crippen molar-refractivity contribution in [3.05, 3.63) is 35.4 Å². The number of hydrogen-bond donors (Lipinski definition) is 1. The number of nitrogens with two attached hydrogens (primary N) is 1. The number of piperidine rings is 1. The molecule has 2 rings (SSSR count). The molecule has 5 nitrogen and oxygen atoms in total. The molecule has 0 spiro atoms. The van der Waals surface area contributed by atoms with Crippen molar-refractivity contribution in [2.24, 2.45) is 5.73 Å². The van der Waals surface area contributed by atoms with Crippen LogP contribution in [0.1, 0.15) is 35.2 Å². The van der Waals surface area contributed by atoms with Gasteiger partial charge >= 0.3 is 5.97 Å². The first-order valence-corrected chi connectivity index (χ1v) is 6.82. The van der Waals surface area contributed by atoms with Crippen LogP contribution in [0, 0.1) is 0 Å². The number of hydrogen-bond acceptors (Lipinski definition) is 4. The molecule has 1 aromatic carbocycles. The summed E-state index contributed by atoms with van der Waals surface area (Å²) in [7, 11) is 1.42. The van der Waals surface area contributed by atoms with Gasteiger partial charge in [-0.15, -0.1) is 0 Å². The summed E-state index contributed by atoms with van der Waals surface area (Å²) in [5.41, 5.74) is 6.76. The maximum atomic E-state index is 11.8. The summed E-state index contributed by atoms with van der Waals surface area (Å²) in [4.78, 5) is 25.1.